The molecule has 0 bridgehead atoms. The van der Waals surface area contributed by atoms with Gasteiger partial charge in [-0.25, -0.2) is 0 Å². The average Bonchev–Trinajstić information content (AvgIpc) is 2.89. The highest BCUT2D eigenvalue weighted by molar-refractivity contribution is 5.74. The van der Waals surface area contributed by atoms with E-state index in [-0.39, 0.29) is 12.2 Å². The van der Waals surface area contributed by atoms with Gasteiger partial charge in [0, 0.05) is 36.5 Å². The van der Waals surface area contributed by atoms with Crippen molar-refractivity contribution in [1.82, 2.24) is 0 Å². The number of carboxylic acid groups (broad SMARTS) is 1. The van der Waals surface area contributed by atoms with Gasteiger partial charge in [-0.2, -0.15) is 10.2 Å². The summed E-state index contributed by atoms with van der Waals surface area (Å²) in [5, 5.41) is 36.6. The molecule has 36 heavy (non-hydrogen) atoms. The lowest BCUT2D eigenvalue weighted by Crippen LogP contribution is -2.29. The molecule has 0 atom stereocenters. The van der Waals surface area contributed by atoms with Crippen LogP contribution in [-0.4, -0.2) is 43.3 Å². The van der Waals surface area contributed by atoms with E-state index in [4.69, 9.17) is 14.6 Å². The third kappa shape index (κ3) is 6.59. The Labute approximate surface area is 206 Å². The molecule has 0 radical (unpaired) electrons. The standard InChI is InChI=1S/C24H24N6O6/c1-4-29(15-24(31)32)18-9-5-16(6-10-18)25-27-20-13-23(36-3)21(14-22(20)35-2)28-26-17-7-11-19(12-8-17)30(33)34/h5-14H,4,15H2,1-3H3,(H,31,32). The minimum Gasteiger partial charge on any atom is -0.494 e. The number of nitro groups is 1. The summed E-state index contributed by atoms with van der Waals surface area (Å²) < 4.78 is 10.8. The molecule has 186 valence electrons. The van der Waals surface area contributed by atoms with Gasteiger partial charge in [0.2, 0.25) is 0 Å². The summed E-state index contributed by atoms with van der Waals surface area (Å²) in [6, 6.07) is 15.9. The number of ether oxygens (including phenoxy) is 2. The number of hydrogen-bond acceptors (Lipinski definition) is 10. The monoisotopic (exact) mass is 492 g/mol. The summed E-state index contributed by atoms with van der Waals surface area (Å²) in [5.41, 5.74) is 2.48. The molecule has 0 saturated carbocycles. The Morgan fingerprint density at radius 2 is 1.36 bits per heavy atom. The van der Waals surface area contributed by atoms with Crippen LogP contribution >= 0.6 is 0 Å². The van der Waals surface area contributed by atoms with Gasteiger partial charge in [0.15, 0.2) is 0 Å². The van der Waals surface area contributed by atoms with Crippen LogP contribution in [0.2, 0.25) is 0 Å². The molecule has 0 aromatic heterocycles. The topological polar surface area (TPSA) is 152 Å². The van der Waals surface area contributed by atoms with Crippen LogP contribution in [0.15, 0.2) is 81.1 Å². The van der Waals surface area contributed by atoms with Gasteiger partial charge in [-0.15, -0.1) is 10.2 Å². The van der Waals surface area contributed by atoms with E-state index in [9.17, 15) is 14.9 Å². The summed E-state index contributed by atoms with van der Waals surface area (Å²) >= 11 is 0. The summed E-state index contributed by atoms with van der Waals surface area (Å²) in [4.78, 5) is 23.0. The molecule has 0 aliphatic heterocycles. The molecule has 0 saturated heterocycles. The van der Waals surface area contributed by atoms with Crippen LogP contribution in [0.1, 0.15) is 6.92 Å². The zero-order chi connectivity index (χ0) is 26.1. The molecular weight excluding hydrogens is 468 g/mol. The molecule has 0 heterocycles. The van der Waals surface area contributed by atoms with Gasteiger partial charge in [-0.1, -0.05) is 0 Å². The fraction of sp³-hybridized carbons (Fsp3) is 0.208. The number of nitro benzene ring substituents is 1. The first-order valence-electron chi connectivity index (χ1n) is 10.7. The minimum atomic E-state index is -0.905. The number of nitrogens with zero attached hydrogens (tertiary/aromatic N) is 6. The number of anilines is 1. The van der Waals surface area contributed by atoms with Crippen molar-refractivity contribution >= 4 is 40.1 Å². The van der Waals surface area contributed by atoms with Crippen LogP contribution in [0.3, 0.4) is 0 Å². The number of hydrogen-bond donors (Lipinski definition) is 1. The number of non-ortho nitro benzene ring substituents is 1. The number of carboxylic acids is 1. The minimum absolute atomic E-state index is 0.0412. The molecule has 0 aliphatic rings. The first kappa shape index (κ1) is 25.7. The van der Waals surface area contributed by atoms with Gasteiger partial charge in [-0.05, 0) is 43.3 Å². The maximum Gasteiger partial charge on any atom is 0.323 e. The van der Waals surface area contributed by atoms with Gasteiger partial charge in [0.05, 0.1) is 30.5 Å². The van der Waals surface area contributed by atoms with Gasteiger partial charge in [-0.3, -0.25) is 14.9 Å². The maximum absolute atomic E-state index is 11.0. The lowest BCUT2D eigenvalue weighted by molar-refractivity contribution is -0.384. The SMILES string of the molecule is CCN(CC(=O)O)c1ccc(N=Nc2cc(OC)c(N=Nc3ccc([N+](=O)[O-])cc3)cc2OC)cc1. The lowest BCUT2D eigenvalue weighted by atomic mass is 10.2. The summed E-state index contributed by atoms with van der Waals surface area (Å²) in [6.45, 7) is 2.34. The maximum atomic E-state index is 11.0. The van der Waals surface area contributed by atoms with Gasteiger partial charge in [0.1, 0.15) is 29.4 Å². The summed E-state index contributed by atoms with van der Waals surface area (Å²) in [7, 11) is 2.96. The quantitative estimate of drug-likeness (QED) is 0.186. The van der Waals surface area contributed by atoms with Crippen molar-refractivity contribution in [1.29, 1.82) is 0 Å². The molecule has 0 unspecified atom stereocenters. The number of benzene rings is 3. The smallest absolute Gasteiger partial charge is 0.323 e. The number of likely N-dealkylation sites (N-methyl/N-ethyl adjacent to an activating group) is 1. The fourth-order valence-corrected chi connectivity index (χ4v) is 3.17. The normalized spacial score (nSPS) is 11.1. The van der Waals surface area contributed by atoms with E-state index in [1.807, 2.05) is 6.92 Å². The molecule has 1 N–H and O–H groups in total. The second-order valence-corrected chi connectivity index (χ2v) is 7.29. The zero-order valence-corrected chi connectivity index (χ0v) is 19.9. The van der Waals surface area contributed by atoms with E-state index in [1.54, 1.807) is 41.3 Å². The Morgan fingerprint density at radius 1 is 0.889 bits per heavy atom. The van der Waals surface area contributed by atoms with Crippen LogP contribution in [0.25, 0.3) is 0 Å². The van der Waals surface area contributed by atoms with E-state index < -0.39 is 10.9 Å². The first-order valence-corrected chi connectivity index (χ1v) is 10.7. The third-order valence-electron chi connectivity index (χ3n) is 5.01. The Bertz CT molecular complexity index is 1280. The number of aliphatic carboxylic acids is 1. The predicted octanol–water partition coefficient (Wildman–Crippen LogP) is 6.35. The van der Waals surface area contributed by atoms with Crippen LogP contribution in [-0.2, 0) is 4.79 Å². The van der Waals surface area contributed by atoms with E-state index in [0.29, 0.717) is 40.8 Å². The molecule has 12 nitrogen and oxygen atoms in total. The van der Waals surface area contributed by atoms with E-state index >= 15 is 0 Å². The number of methoxy groups -OCH3 is 2. The van der Waals surface area contributed by atoms with Crippen molar-refractivity contribution < 1.29 is 24.3 Å². The lowest BCUT2D eigenvalue weighted by Gasteiger charge is -2.20. The Balaban J connectivity index is 1.82. The fourth-order valence-electron chi connectivity index (χ4n) is 3.17. The molecule has 0 fully saturated rings. The molecule has 3 aromatic rings. The number of azo groups is 2. The summed E-state index contributed by atoms with van der Waals surface area (Å²) in [5.74, 6) is -0.150. The predicted molar refractivity (Wildman–Crippen MR) is 133 cm³/mol. The summed E-state index contributed by atoms with van der Waals surface area (Å²) in [6.07, 6.45) is 0. The second kappa shape index (κ2) is 12.0. The largest absolute Gasteiger partial charge is 0.494 e. The van der Waals surface area contributed by atoms with Crippen molar-refractivity contribution in [2.75, 3.05) is 32.2 Å². The van der Waals surface area contributed by atoms with E-state index in [1.165, 1.54) is 38.5 Å². The second-order valence-electron chi connectivity index (χ2n) is 7.29. The van der Waals surface area contributed by atoms with E-state index in [0.717, 1.165) is 5.69 Å². The highest BCUT2D eigenvalue weighted by Gasteiger charge is 2.12. The Kier molecular flexibility index (Phi) is 8.59. The van der Waals surface area contributed by atoms with Crippen molar-refractivity contribution in [3.05, 3.63) is 70.8 Å². The zero-order valence-electron chi connectivity index (χ0n) is 19.9. The Hall–Kier alpha value is -4.87. The molecule has 0 aliphatic carbocycles. The van der Waals surface area contributed by atoms with Crippen molar-refractivity contribution in [2.24, 2.45) is 20.5 Å². The molecule has 3 aromatic carbocycles. The molecule has 12 heteroatoms. The Morgan fingerprint density at radius 3 is 1.75 bits per heavy atom. The highest BCUT2D eigenvalue weighted by Crippen LogP contribution is 2.41. The van der Waals surface area contributed by atoms with Crippen LogP contribution in [0, 0.1) is 10.1 Å². The van der Waals surface area contributed by atoms with E-state index in [2.05, 4.69) is 20.5 Å². The van der Waals surface area contributed by atoms with Gasteiger partial charge < -0.3 is 19.5 Å². The van der Waals surface area contributed by atoms with Crippen LogP contribution < -0.4 is 14.4 Å². The van der Waals surface area contributed by atoms with Crippen molar-refractivity contribution in [3.63, 3.8) is 0 Å². The first-order chi connectivity index (χ1) is 17.3. The van der Waals surface area contributed by atoms with Crippen LogP contribution in [0.5, 0.6) is 11.5 Å². The molecule has 0 amide bonds. The molecule has 0 spiro atoms. The van der Waals surface area contributed by atoms with Gasteiger partial charge >= 0.3 is 5.97 Å². The third-order valence-corrected chi connectivity index (χ3v) is 5.01. The van der Waals surface area contributed by atoms with Crippen LogP contribution in [0.4, 0.5) is 34.1 Å². The number of rotatable bonds is 11. The average molecular weight is 492 g/mol. The molecule has 3 rings (SSSR count). The van der Waals surface area contributed by atoms with Gasteiger partial charge in [0.25, 0.3) is 5.69 Å². The van der Waals surface area contributed by atoms with Crippen molar-refractivity contribution in [2.45, 2.75) is 6.92 Å². The highest BCUT2D eigenvalue weighted by atomic mass is 16.6. The molecular formula is C24H24N6O6. The van der Waals surface area contributed by atoms with Crippen molar-refractivity contribution in [3.8, 4) is 11.5 Å². The number of carbonyl (C=O) groups is 1.